The molecule has 0 aliphatic carbocycles. The summed E-state index contributed by atoms with van der Waals surface area (Å²) in [6.45, 7) is 2.67. The van der Waals surface area contributed by atoms with Crippen LogP contribution in [0.4, 0.5) is 0 Å². The summed E-state index contributed by atoms with van der Waals surface area (Å²) >= 11 is 15.8. The number of aromatic nitrogens is 2. The van der Waals surface area contributed by atoms with E-state index in [2.05, 4.69) is 37.6 Å². The van der Waals surface area contributed by atoms with Crippen molar-refractivity contribution in [2.75, 3.05) is 0 Å². The van der Waals surface area contributed by atoms with Crippen molar-refractivity contribution in [3.05, 3.63) is 63.3 Å². The molecule has 108 valence electrons. The zero-order valence-corrected chi connectivity index (χ0v) is 14.5. The molecule has 5 heteroatoms. The van der Waals surface area contributed by atoms with Crippen LogP contribution in [0.15, 0.2) is 46.9 Å². The minimum Gasteiger partial charge on any atom is -0.322 e. The quantitative estimate of drug-likeness (QED) is 0.522. The standard InChI is InChI=1S/C16H13BrCl2N2/c1-10(18)16-20-14-8-13(19)6-7-15(14)21(16)9-11-2-4-12(17)5-3-11/h2-8,10H,9H2,1H3. The van der Waals surface area contributed by atoms with Gasteiger partial charge in [-0.15, -0.1) is 11.6 Å². The van der Waals surface area contributed by atoms with Crippen LogP contribution in [-0.2, 0) is 6.54 Å². The highest BCUT2D eigenvalue weighted by Gasteiger charge is 2.15. The van der Waals surface area contributed by atoms with Gasteiger partial charge < -0.3 is 4.57 Å². The lowest BCUT2D eigenvalue weighted by atomic mass is 10.2. The predicted molar refractivity (Wildman–Crippen MR) is 92.3 cm³/mol. The van der Waals surface area contributed by atoms with Crippen LogP contribution in [0.1, 0.15) is 23.7 Å². The van der Waals surface area contributed by atoms with Crippen molar-refractivity contribution in [2.24, 2.45) is 0 Å². The molecule has 0 amide bonds. The topological polar surface area (TPSA) is 17.8 Å². The molecule has 1 aromatic heterocycles. The highest BCUT2D eigenvalue weighted by Crippen LogP contribution is 2.27. The number of halogens is 3. The lowest BCUT2D eigenvalue weighted by molar-refractivity contribution is 0.742. The molecule has 1 heterocycles. The second-order valence-corrected chi connectivity index (χ2v) is 6.94. The number of rotatable bonds is 3. The second-order valence-electron chi connectivity index (χ2n) is 4.93. The molecule has 3 rings (SSSR count). The van der Waals surface area contributed by atoms with Crippen LogP contribution in [-0.4, -0.2) is 9.55 Å². The summed E-state index contributed by atoms with van der Waals surface area (Å²) in [6.07, 6.45) is 0. The molecule has 3 aromatic rings. The SMILES string of the molecule is CC(Cl)c1nc2cc(Cl)ccc2n1Cc1ccc(Br)cc1. The number of benzene rings is 2. The molecule has 2 aromatic carbocycles. The van der Waals surface area contributed by atoms with Crippen molar-refractivity contribution in [3.63, 3.8) is 0 Å². The van der Waals surface area contributed by atoms with Gasteiger partial charge in [0.25, 0.3) is 0 Å². The van der Waals surface area contributed by atoms with Crippen molar-refractivity contribution < 1.29 is 0 Å². The van der Waals surface area contributed by atoms with Gasteiger partial charge in [-0.05, 0) is 42.8 Å². The minimum absolute atomic E-state index is 0.161. The van der Waals surface area contributed by atoms with E-state index in [0.29, 0.717) is 5.02 Å². The molecule has 1 atom stereocenters. The number of fused-ring (bicyclic) bond motifs is 1. The van der Waals surface area contributed by atoms with E-state index in [1.807, 2.05) is 37.3 Å². The molecule has 0 saturated heterocycles. The van der Waals surface area contributed by atoms with Gasteiger partial charge in [0.15, 0.2) is 0 Å². The van der Waals surface area contributed by atoms with Crippen LogP contribution in [0.2, 0.25) is 5.02 Å². The molecular weight excluding hydrogens is 371 g/mol. The molecule has 0 N–H and O–H groups in total. The lowest BCUT2D eigenvalue weighted by Gasteiger charge is -2.11. The van der Waals surface area contributed by atoms with Gasteiger partial charge in [0, 0.05) is 16.0 Å². The Kier molecular flexibility index (Phi) is 4.25. The van der Waals surface area contributed by atoms with Gasteiger partial charge in [0.1, 0.15) is 5.82 Å². The predicted octanol–water partition coefficient (Wildman–Crippen LogP) is 5.80. The highest BCUT2D eigenvalue weighted by molar-refractivity contribution is 9.10. The Morgan fingerprint density at radius 3 is 2.57 bits per heavy atom. The maximum atomic E-state index is 6.29. The zero-order valence-electron chi connectivity index (χ0n) is 11.4. The number of alkyl halides is 1. The van der Waals surface area contributed by atoms with Crippen molar-refractivity contribution in [1.29, 1.82) is 0 Å². The molecule has 2 nitrogen and oxygen atoms in total. The van der Waals surface area contributed by atoms with Crippen molar-refractivity contribution >= 4 is 50.2 Å². The molecule has 21 heavy (non-hydrogen) atoms. The average molecular weight is 384 g/mol. The van der Waals surface area contributed by atoms with Crippen molar-refractivity contribution in [2.45, 2.75) is 18.8 Å². The molecule has 0 spiro atoms. The minimum atomic E-state index is -0.161. The molecule has 1 unspecified atom stereocenters. The van der Waals surface area contributed by atoms with Gasteiger partial charge in [0.2, 0.25) is 0 Å². The van der Waals surface area contributed by atoms with Gasteiger partial charge in [-0.1, -0.05) is 39.7 Å². The van der Waals surface area contributed by atoms with Gasteiger partial charge >= 0.3 is 0 Å². The smallest absolute Gasteiger partial charge is 0.128 e. The van der Waals surface area contributed by atoms with Gasteiger partial charge in [-0.25, -0.2) is 4.98 Å². The highest BCUT2D eigenvalue weighted by atomic mass is 79.9. The van der Waals surface area contributed by atoms with E-state index in [9.17, 15) is 0 Å². The number of nitrogens with zero attached hydrogens (tertiary/aromatic N) is 2. The maximum absolute atomic E-state index is 6.29. The van der Waals surface area contributed by atoms with Gasteiger partial charge in [-0.2, -0.15) is 0 Å². The summed E-state index contributed by atoms with van der Waals surface area (Å²) in [4.78, 5) is 4.62. The third-order valence-corrected chi connectivity index (χ3v) is 4.31. The third kappa shape index (κ3) is 3.10. The van der Waals surface area contributed by atoms with Crippen LogP contribution in [0, 0.1) is 0 Å². The number of hydrogen-bond acceptors (Lipinski definition) is 1. The Bertz CT molecular complexity index is 779. The molecular formula is C16H13BrCl2N2. The second kappa shape index (κ2) is 5.99. The largest absolute Gasteiger partial charge is 0.322 e. The molecule has 0 aliphatic rings. The molecule has 0 bridgehead atoms. The van der Waals surface area contributed by atoms with Crippen LogP contribution in [0.25, 0.3) is 11.0 Å². The number of hydrogen-bond donors (Lipinski definition) is 0. The molecule has 0 saturated carbocycles. The van der Waals surface area contributed by atoms with E-state index < -0.39 is 0 Å². The van der Waals surface area contributed by atoms with Crippen LogP contribution < -0.4 is 0 Å². The summed E-state index contributed by atoms with van der Waals surface area (Å²) < 4.78 is 3.21. The van der Waals surface area contributed by atoms with E-state index in [1.54, 1.807) is 0 Å². The summed E-state index contributed by atoms with van der Waals surface area (Å²) in [7, 11) is 0. The van der Waals surface area contributed by atoms with Gasteiger partial charge in [-0.3, -0.25) is 0 Å². The fourth-order valence-corrected chi connectivity index (χ4v) is 2.96. The van der Waals surface area contributed by atoms with Crippen molar-refractivity contribution in [3.8, 4) is 0 Å². The van der Waals surface area contributed by atoms with E-state index in [0.717, 1.165) is 27.9 Å². The molecule has 0 aliphatic heterocycles. The Hall–Kier alpha value is -1.03. The first-order chi connectivity index (χ1) is 10.0. The summed E-state index contributed by atoms with van der Waals surface area (Å²) in [5.74, 6) is 0.858. The number of imidazole rings is 1. The first-order valence-electron chi connectivity index (χ1n) is 6.59. The third-order valence-electron chi connectivity index (χ3n) is 3.35. The summed E-state index contributed by atoms with van der Waals surface area (Å²) in [5, 5.41) is 0.524. The Balaban J connectivity index is 2.10. The Morgan fingerprint density at radius 1 is 1.19 bits per heavy atom. The molecule has 0 fully saturated rings. The summed E-state index contributed by atoms with van der Waals surface area (Å²) in [6, 6.07) is 14.0. The van der Waals surface area contributed by atoms with E-state index in [1.165, 1.54) is 5.56 Å². The van der Waals surface area contributed by atoms with Crippen LogP contribution in [0.3, 0.4) is 0 Å². The Labute approximate surface area is 141 Å². The fraction of sp³-hybridized carbons (Fsp3) is 0.188. The van der Waals surface area contributed by atoms with Crippen molar-refractivity contribution in [1.82, 2.24) is 9.55 Å². The molecule has 0 radical (unpaired) electrons. The van der Waals surface area contributed by atoms with Crippen LogP contribution >= 0.6 is 39.1 Å². The van der Waals surface area contributed by atoms with E-state index in [4.69, 9.17) is 23.2 Å². The normalized spacial score (nSPS) is 12.8. The summed E-state index contributed by atoms with van der Waals surface area (Å²) in [5.41, 5.74) is 3.12. The lowest BCUT2D eigenvalue weighted by Crippen LogP contribution is -2.05. The Morgan fingerprint density at radius 2 is 1.90 bits per heavy atom. The van der Waals surface area contributed by atoms with Crippen LogP contribution in [0.5, 0.6) is 0 Å². The fourth-order valence-electron chi connectivity index (χ4n) is 2.36. The van der Waals surface area contributed by atoms with Gasteiger partial charge in [0.05, 0.1) is 16.4 Å². The van der Waals surface area contributed by atoms with E-state index in [-0.39, 0.29) is 5.38 Å². The first-order valence-corrected chi connectivity index (χ1v) is 8.19. The zero-order chi connectivity index (χ0) is 15.0. The monoisotopic (exact) mass is 382 g/mol. The first kappa shape index (κ1) is 14.9. The maximum Gasteiger partial charge on any atom is 0.128 e. The average Bonchev–Trinajstić information content (AvgIpc) is 2.79. The van der Waals surface area contributed by atoms with E-state index >= 15 is 0 Å².